The number of fused-ring (bicyclic) bond motifs is 2. The normalized spacial score (nSPS) is 35.8. The molecule has 2 aliphatic carbocycles. The standard InChI is InChI=1S/C15H15Br/c16-15-10-12-7-9-14(15)13(12)8-6-11-4-2-1-3-5-11/h1-5,12-15H,7,9-10H2. The number of alkyl halides is 1. The van der Waals surface area contributed by atoms with Crippen LogP contribution in [0.15, 0.2) is 30.3 Å². The molecule has 0 spiro atoms. The number of rotatable bonds is 0. The fourth-order valence-corrected chi connectivity index (χ4v) is 4.24. The van der Waals surface area contributed by atoms with Crippen molar-refractivity contribution in [1.82, 2.24) is 0 Å². The van der Waals surface area contributed by atoms with Gasteiger partial charge in [0.25, 0.3) is 0 Å². The zero-order valence-corrected chi connectivity index (χ0v) is 10.8. The summed E-state index contributed by atoms with van der Waals surface area (Å²) in [5, 5.41) is 0. The smallest absolute Gasteiger partial charge is 0.0274 e. The van der Waals surface area contributed by atoms with Gasteiger partial charge in [0.15, 0.2) is 0 Å². The van der Waals surface area contributed by atoms with Gasteiger partial charge in [0, 0.05) is 16.3 Å². The molecule has 1 aromatic carbocycles. The highest BCUT2D eigenvalue weighted by atomic mass is 79.9. The maximum atomic E-state index is 3.79. The fourth-order valence-electron chi connectivity index (χ4n) is 3.16. The quantitative estimate of drug-likeness (QED) is 0.498. The van der Waals surface area contributed by atoms with Crippen LogP contribution in [0.4, 0.5) is 0 Å². The molecule has 4 atom stereocenters. The Morgan fingerprint density at radius 2 is 1.94 bits per heavy atom. The summed E-state index contributed by atoms with van der Waals surface area (Å²) >= 11 is 3.79. The maximum Gasteiger partial charge on any atom is 0.0274 e. The second-order valence-corrected chi connectivity index (χ2v) is 6.09. The molecule has 0 aliphatic heterocycles. The first-order valence-electron chi connectivity index (χ1n) is 6.05. The summed E-state index contributed by atoms with van der Waals surface area (Å²) in [4.78, 5) is 0.723. The lowest BCUT2D eigenvalue weighted by Crippen LogP contribution is -2.10. The van der Waals surface area contributed by atoms with Gasteiger partial charge in [-0.1, -0.05) is 46.0 Å². The molecule has 0 nitrogen and oxygen atoms in total. The van der Waals surface area contributed by atoms with E-state index in [1.807, 2.05) is 6.07 Å². The van der Waals surface area contributed by atoms with Crippen molar-refractivity contribution in [1.29, 1.82) is 0 Å². The van der Waals surface area contributed by atoms with Gasteiger partial charge < -0.3 is 0 Å². The molecule has 2 aliphatic rings. The minimum atomic E-state index is 0.643. The van der Waals surface area contributed by atoms with E-state index in [1.165, 1.54) is 19.3 Å². The van der Waals surface area contributed by atoms with Gasteiger partial charge in [0.2, 0.25) is 0 Å². The van der Waals surface area contributed by atoms with E-state index < -0.39 is 0 Å². The Bertz CT molecular complexity index is 426. The molecule has 0 heterocycles. The second-order valence-electron chi connectivity index (χ2n) is 4.91. The summed E-state index contributed by atoms with van der Waals surface area (Å²) in [6.07, 6.45) is 4.09. The number of hydrogen-bond acceptors (Lipinski definition) is 0. The minimum Gasteiger partial charge on any atom is -0.0939 e. The molecular formula is C15H15Br. The Balaban J connectivity index is 1.79. The van der Waals surface area contributed by atoms with E-state index in [2.05, 4.69) is 52.0 Å². The van der Waals surface area contributed by atoms with Crippen LogP contribution in [0.1, 0.15) is 24.8 Å². The number of halogens is 1. The van der Waals surface area contributed by atoms with E-state index in [1.54, 1.807) is 0 Å². The molecule has 0 N–H and O–H groups in total. The van der Waals surface area contributed by atoms with E-state index >= 15 is 0 Å². The molecule has 0 aromatic heterocycles. The fraction of sp³-hybridized carbons (Fsp3) is 0.467. The molecule has 16 heavy (non-hydrogen) atoms. The van der Waals surface area contributed by atoms with Crippen molar-refractivity contribution in [3.8, 4) is 11.8 Å². The molecule has 0 saturated heterocycles. The molecular weight excluding hydrogens is 260 g/mol. The van der Waals surface area contributed by atoms with Crippen LogP contribution in [0.3, 0.4) is 0 Å². The molecule has 1 heteroatoms. The monoisotopic (exact) mass is 274 g/mol. The van der Waals surface area contributed by atoms with Crippen molar-refractivity contribution >= 4 is 15.9 Å². The maximum absolute atomic E-state index is 3.79. The van der Waals surface area contributed by atoms with E-state index in [0.717, 1.165) is 22.2 Å². The van der Waals surface area contributed by atoms with Crippen molar-refractivity contribution in [2.45, 2.75) is 24.1 Å². The van der Waals surface area contributed by atoms with Crippen molar-refractivity contribution in [3.05, 3.63) is 35.9 Å². The van der Waals surface area contributed by atoms with Gasteiger partial charge in [-0.2, -0.15) is 0 Å². The van der Waals surface area contributed by atoms with Gasteiger partial charge in [-0.05, 0) is 43.2 Å². The molecule has 4 unspecified atom stereocenters. The van der Waals surface area contributed by atoms with Gasteiger partial charge in [-0.3, -0.25) is 0 Å². The summed E-state index contributed by atoms with van der Waals surface area (Å²) in [6.45, 7) is 0. The topological polar surface area (TPSA) is 0 Å². The van der Waals surface area contributed by atoms with Gasteiger partial charge in [0.1, 0.15) is 0 Å². The van der Waals surface area contributed by atoms with Gasteiger partial charge >= 0.3 is 0 Å². The van der Waals surface area contributed by atoms with Gasteiger partial charge in [-0.25, -0.2) is 0 Å². The minimum absolute atomic E-state index is 0.643. The molecule has 2 fully saturated rings. The predicted molar refractivity (Wildman–Crippen MR) is 70.4 cm³/mol. The van der Waals surface area contributed by atoms with Crippen molar-refractivity contribution < 1.29 is 0 Å². The van der Waals surface area contributed by atoms with Crippen LogP contribution < -0.4 is 0 Å². The molecule has 82 valence electrons. The van der Waals surface area contributed by atoms with E-state index in [4.69, 9.17) is 0 Å². The summed E-state index contributed by atoms with van der Waals surface area (Å²) in [7, 11) is 0. The van der Waals surface area contributed by atoms with Gasteiger partial charge in [-0.15, -0.1) is 0 Å². The third-order valence-electron chi connectivity index (χ3n) is 3.99. The molecule has 3 rings (SSSR count). The van der Waals surface area contributed by atoms with Crippen LogP contribution in [0, 0.1) is 29.6 Å². The molecule has 1 aromatic rings. The lowest BCUT2D eigenvalue weighted by Gasteiger charge is -2.13. The first-order chi connectivity index (χ1) is 7.84. The lowest BCUT2D eigenvalue weighted by atomic mass is 9.98. The third kappa shape index (κ3) is 1.80. The van der Waals surface area contributed by atoms with Crippen LogP contribution in [-0.2, 0) is 0 Å². The average molecular weight is 275 g/mol. The van der Waals surface area contributed by atoms with E-state index in [-0.39, 0.29) is 0 Å². The number of hydrogen-bond donors (Lipinski definition) is 0. The van der Waals surface area contributed by atoms with Crippen LogP contribution >= 0.6 is 15.9 Å². The Labute approximate surface area is 106 Å². The number of benzene rings is 1. The zero-order valence-electron chi connectivity index (χ0n) is 9.20. The van der Waals surface area contributed by atoms with Gasteiger partial charge in [0.05, 0.1) is 0 Å². The summed E-state index contributed by atoms with van der Waals surface area (Å²) in [5.74, 6) is 9.15. The second kappa shape index (κ2) is 4.26. The van der Waals surface area contributed by atoms with Crippen LogP contribution in [0.25, 0.3) is 0 Å². The average Bonchev–Trinajstić information content (AvgIpc) is 2.83. The Morgan fingerprint density at radius 1 is 1.12 bits per heavy atom. The molecule has 2 bridgehead atoms. The van der Waals surface area contributed by atoms with E-state index in [9.17, 15) is 0 Å². The lowest BCUT2D eigenvalue weighted by molar-refractivity contribution is 0.496. The molecule has 2 saturated carbocycles. The largest absolute Gasteiger partial charge is 0.0939 e. The highest BCUT2D eigenvalue weighted by Crippen LogP contribution is 2.51. The van der Waals surface area contributed by atoms with Crippen molar-refractivity contribution in [2.75, 3.05) is 0 Å². The molecule has 0 radical (unpaired) electrons. The SMILES string of the molecule is BrC1CC2CCC1C2C#Cc1ccccc1. The molecule has 0 amide bonds. The first kappa shape index (κ1) is 10.4. The summed E-state index contributed by atoms with van der Waals surface area (Å²) in [6, 6.07) is 10.3. The predicted octanol–water partition coefficient (Wildman–Crippen LogP) is 3.85. The van der Waals surface area contributed by atoms with Crippen LogP contribution in [-0.4, -0.2) is 4.83 Å². The third-order valence-corrected chi connectivity index (χ3v) is 5.04. The Hall–Kier alpha value is -0.740. The highest BCUT2D eigenvalue weighted by molar-refractivity contribution is 9.09. The highest BCUT2D eigenvalue weighted by Gasteiger charge is 2.46. The summed E-state index contributed by atoms with van der Waals surface area (Å²) in [5.41, 5.74) is 1.15. The van der Waals surface area contributed by atoms with Crippen molar-refractivity contribution in [3.63, 3.8) is 0 Å². The van der Waals surface area contributed by atoms with E-state index in [0.29, 0.717) is 5.92 Å². The Morgan fingerprint density at radius 3 is 2.56 bits per heavy atom. The summed E-state index contributed by atoms with van der Waals surface area (Å²) < 4.78 is 0. The van der Waals surface area contributed by atoms with Crippen LogP contribution in [0.2, 0.25) is 0 Å². The van der Waals surface area contributed by atoms with Crippen molar-refractivity contribution in [2.24, 2.45) is 17.8 Å². The zero-order chi connectivity index (χ0) is 11.0. The Kier molecular flexibility index (Phi) is 2.77. The first-order valence-corrected chi connectivity index (χ1v) is 6.97. The van der Waals surface area contributed by atoms with Crippen LogP contribution in [0.5, 0.6) is 0 Å².